The van der Waals surface area contributed by atoms with Gasteiger partial charge in [0.2, 0.25) is 0 Å². The Kier molecular flexibility index (Phi) is 5.67. The Balaban J connectivity index is 1.95. The Morgan fingerprint density at radius 3 is 2.71 bits per heavy atom. The molecular formula is C16H25F2N3. The summed E-state index contributed by atoms with van der Waals surface area (Å²) in [6.45, 7) is 8.90. The molecule has 1 aliphatic heterocycles. The van der Waals surface area contributed by atoms with Gasteiger partial charge in [0.25, 0.3) is 0 Å². The van der Waals surface area contributed by atoms with Crippen LogP contribution in [-0.4, -0.2) is 48.6 Å². The van der Waals surface area contributed by atoms with E-state index < -0.39 is 17.7 Å². The second kappa shape index (κ2) is 7.29. The highest BCUT2D eigenvalue weighted by molar-refractivity contribution is 5.22. The number of likely N-dealkylation sites (tertiary alicyclic amines) is 1. The van der Waals surface area contributed by atoms with E-state index >= 15 is 0 Å². The zero-order valence-electron chi connectivity index (χ0n) is 12.9. The molecule has 1 fully saturated rings. The van der Waals surface area contributed by atoms with Crippen molar-refractivity contribution in [1.29, 1.82) is 0 Å². The van der Waals surface area contributed by atoms with Crippen LogP contribution in [0, 0.1) is 11.6 Å². The second-order valence-corrected chi connectivity index (χ2v) is 5.70. The molecule has 2 atom stereocenters. The quantitative estimate of drug-likeness (QED) is 0.875. The number of benzene rings is 1. The summed E-state index contributed by atoms with van der Waals surface area (Å²) in [6.07, 6.45) is 1.11. The summed E-state index contributed by atoms with van der Waals surface area (Å²) < 4.78 is 27.0. The number of nitrogens with two attached hydrogens (primary N) is 1. The average molecular weight is 297 g/mol. The summed E-state index contributed by atoms with van der Waals surface area (Å²) in [5.74, 6) is -0.868. The van der Waals surface area contributed by atoms with Crippen LogP contribution in [0.1, 0.15) is 31.9 Å². The molecule has 1 aromatic carbocycles. The van der Waals surface area contributed by atoms with Crippen molar-refractivity contribution in [1.82, 2.24) is 9.80 Å². The molecule has 1 aromatic rings. The van der Waals surface area contributed by atoms with Gasteiger partial charge in [-0.25, -0.2) is 8.78 Å². The average Bonchev–Trinajstić information content (AvgIpc) is 2.91. The molecule has 0 bridgehead atoms. The van der Waals surface area contributed by atoms with Crippen LogP contribution in [0.15, 0.2) is 18.2 Å². The van der Waals surface area contributed by atoms with Crippen LogP contribution in [0.2, 0.25) is 0 Å². The van der Waals surface area contributed by atoms with E-state index in [9.17, 15) is 8.78 Å². The normalized spacial score (nSPS) is 21.1. The summed E-state index contributed by atoms with van der Waals surface area (Å²) in [5, 5.41) is 0. The van der Waals surface area contributed by atoms with Crippen LogP contribution in [-0.2, 0) is 0 Å². The monoisotopic (exact) mass is 297 g/mol. The predicted octanol–water partition coefficient (Wildman–Crippen LogP) is 2.38. The highest BCUT2D eigenvalue weighted by atomic mass is 19.1. The molecule has 2 N–H and O–H groups in total. The number of likely N-dealkylation sites (N-methyl/N-ethyl adjacent to an activating group) is 1. The summed E-state index contributed by atoms with van der Waals surface area (Å²) >= 11 is 0. The molecule has 0 spiro atoms. The fourth-order valence-electron chi connectivity index (χ4n) is 3.19. The van der Waals surface area contributed by atoms with Crippen LogP contribution in [0.25, 0.3) is 0 Å². The van der Waals surface area contributed by atoms with Crippen LogP contribution in [0.4, 0.5) is 8.78 Å². The van der Waals surface area contributed by atoms with Crippen LogP contribution < -0.4 is 5.73 Å². The van der Waals surface area contributed by atoms with E-state index in [1.807, 2.05) is 0 Å². The van der Waals surface area contributed by atoms with Gasteiger partial charge in [0.1, 0.15) is 11.6 Å². The minimum Gasteiger partial charge on any atom is -0.323 e. The summed E-state index contributed by atoms with van der Waals surface area (Å²) in [7, 11) is 0. The molecule has 0 aliphatic carbocycles. The molecule has 0 aromatic heterocycles. The fraction of sp³-hybridized carbons (Fsp3) is 0.625. The standard InChI is InChI=1S/C16H25F2N3/c1-3-21(4-2)13-7-8-20(10-13)11-16(19)14-9-12(17)5-6-15(14)18/h5-6,9,13,16H,3-4,7-8,10-11,19H2,1-2H3. The van der Waals surface area contributed by atoms with E-state index in [1.54, 1.807) is 0 Å². The van der Waals surface area contributed by atoms with Gasteiger partial charge in [0.15, 0.2) is 0 Å². The van der Waals surface area contributed by atoms with Crippen molar-refractivity contribution in [2.24, 2.45) is 5.73 Å². The summed E-state index contributed by atoms with van der Waals surface area (Å²) in [5.41, 5.74) is 6.33. The topological polar surface area (TPSA) is 32.5 Å². The first-order valence-corrected chi connectivity index (χ1v) is 7.72. The zero-order chi connectivity index (χ0) is 15.4. The molecule has 2 rings (SSSR count). The van der Waals surface area contributed by atoms with Gasteiger partial charge in [-0.05, 0) is 44.3 Å². The molecule has 1 aliphatic rings. The van der Waals surface area contributed by atoms with Gasteiger partial charge in [-0.15, -0.1) is 0 Å². The highest BCUT2D eigenvalue weighted by Crippen LogP contribution is 2.21. The zero-order valence-corrected chi connectivity index (χ0v) is 12.9. The van der Waals surface area contributed by atoms with Crippen molar-refractivity contribution in [3.05, 3.63) is 35.4 Å². The van der Waals surface area contributed by atoms with Gasteiger partial charge in [-0.3, -0.25) is 9.80 Å². The molecule has 1 saturated heterocycles. The Labute approximate surface area is 125 Å². The van der Waals surface area contributed by atoms with E-state index in [4.69, 9.17) is 5.73 Å². The second-order valence-electron chi connectivity index (χ2n) is 5.70. The molecule has 1 heterocycles. The third kappa shape index (κ3) is 3.99. The summed E-state index contributed by atoms with van der Waals surface area (Å²) in [6, 6.07) is 3.53. The van der Waals surface area contributed by atoms with E-state index in [2.05, 4.69) is 23.6 Å². The van der Waals surface area contributed by atoms with Gasteiger partial charge >= 0.3 is 0 Å². The minimum atomic E-state index is -0.490. The largest absolute Gasteiger partial charge is 0.323 e. The molecule has 5 heteroatoms. The van der Waals surface area contributed by atoms with Crippen molar-refractivity contribution in [3.8, 4) is 0 Å². The highest BCUT2D eigenvalue weighted by Gasteiger charge is 2.27. The summed E-state index contributed by atoms with van der Waals surface area (Å²) in [4.78, 5) is 4.69. The Morgan fingerprint density at radius 1 is 1.33 bits per heavy atom. The van der Waals surface area contributed by atoms with Crippen molar-refractivity contribution in [3.63, 3.8) is 0 Å². The van der Waals surface area contributed by atoms with Crippen molar-refractivity contribution in [2.75, 3.05) is 32.7 Å². The fourth-order valence-corrected chi connectivity index (χ4v) is 3.19. The molecule has 0 amide bonds. The number of hydrogen-bond acceptors (Lipinski definition) is 3. The van der Waals surface area contributed by atoms with Crippen molar-refractivity contribution < 1.29 is 8.78 Å². The van der Waals surface area contributed by atoms with E-state index in [0.717, 1.165) is 44.7 Å². The van der Waals surface area contributed by atoms with Gasteiger partial charge in [0, 0.05) is 30.7 Å². The molecule has 21 heavy (non-hydrogen) atoms. The maximum absolute atomic E-state index is 13.7. The SMILES string of the molecule is CCN(CC)C1CCN(CC(N)c2cc(F)ccc2F)C1. The molecule has 118 valence electrons. The lowest BCUT2D eigenvalue weighted by atomic mass is 10.1. The number of nitrogens with zero attached hydrogens (tertiary/aromatic N) is 2. The first-order valence-electron chi connectivity index (χ1n) is 7.72. The van der Waals surface area contributed by atoms with E-state index in [1.165, 1.54) is 6.07 Å². The van der Waals surface area contributed by atoms with E-state index in [0.29, 0.717) is 12.6 Å². The van der Waals surface area contributed by atoms with Gasteiger partial charge in [-0.1, -0.05) is 13.8 Å². The van der Waals surface area contributed by atoms with Gasteiger partial charge in [-0.2, -0.15) is 0 Å². The lowest BCUT2D eigenvalue weighted by molar-refractivity contribution is 0.208. The lowest BCUT2D eigenvalue weighted by Crippen LogP contribution is -2.38. The molecule has 0 radical (unpaired) electrons. The lowest BCUT2D eigenvalue weighted by Gasteiger charge is -2.27. The maximum atomic E-state index is 13.7. The number of halogens is 2. The Morgan fingerprint density at radius 2 is 2.05 bits per heavy atom. The smallest absolute Gasteiger partial charge is 0.128 e. The molecule has 0 saturated carbocycles. The third-order valence-corrected chi connectivity index (χ3v) is 4.39. The number of hydrogen-bond donors (Lipinski definition) is 1. The first-order chi connectivity index (χ1) is 10.0. The Hall–Kier alpha value is -1.04. The van der Waals surface area contributed by atoms with E-state index in [-0.39, 0.29) is 5.56 Å². The van der Waals surface area contributed by atoms with Gasteiger partial charge in [0.05, 0.1) is 0 Å². The van der Waals surface area contributed by atoms with Crippen LogP contribution in [0.3, 0.4) is 0 Å². The predicted molar refractivity (Wildman–Crippen MR) is 81.1 cm³/mol. The van der Waals surface area contributed by atoms with Crippen molar-refractivity contribution in [2.45, 2.75) is 32.4 Å². The maximum Gasteiger partial charge on any atom is 0.128 e. The molecule has 2 unspecified atom stereocenters. The molecular weight excluding hydrogens is 272 g/mol. The number of rotatable bonds is 6. The van der Waals surface area contributed by atoms with Crippen LogP contribution in [0.5, 0.6) is 0 Å². The minimum absolute atomic E-state index is 0.265. The van der Waals surface area contributed by atoms with Gasteiger partial charge < -0.3 is 5.73 Å². The Bertz CT molecular complexity index is 463. The van der Waals surface area contributed by atoms with Crippen LogP contribution >= 0.6 is 0 Å². The third-order valence-electron chi connectivity index (χ3n) is 4.39. The molecule has 3 nitrogen and oxygen atoms in total. The first kappa shape index (κ1) is 16.3. The van der Waals surface area contributed by atoms with Crippen molar-refractivity contribution >= 4 is 0 Å².